The van der Waals surface area contributed by atoms with Crippen molar-refractivity contribution >= 4 is 16.8 Å². The Bertz CT molecular complexity index is 465. The topological polar surface area (TPSA) is 36.1 Å². The summed E-state index contributed by atoms with van der Waals surface area (Å²) in [4.78, 5) is 4.53. The molecule has 0 amide bonds. The van der Waals surface area contributed by atoms with E-state index in [-0.39, 0.29) is 0 Å². The van der Waals surface area contributed by atoms with Crippen molar-refractivity contribution in [3.8, 4) is 6.07 Å². The summed E-state index contributed by atoms with van der Waals surface area (Å²) < 4.78 is 0. The number of fused-ring (bicyclic) bond motifs is 2. The van der Waals surface area contributed by atoms with Crippen LogP contribution in [0.2, 0.25) is 0 Å². The third-order valence-corrected chi connectivity index (χ3v) is 4.70. The fourth-order valence-corrected chi connectivity index (χ4v) is 3.72. The first kappa shape index (κ1) is 9.92. The Balaban J connectivity index is 1.85. The van der Waals surface area contributed by atoms with Gasteiger partial charge in [-0.25, -0.2) is 0 Å². The molecule has 0 spiro atoms. The maximum atomic E-state index is 8.89. The molecule has 80 valence electrons. The van der Waals surface area contributed by atoms with Gasteiger partial charge >= 0.3 is 0 Å². The maximum absolute atomic E-state index is 8.89. The van der Waals surface area contributed by atoms with Gasteiger partial charge in [0.05, 0.1) is 17.7 Å². The van der Waals surface area contributed by atoms with Crippen molar-refractivity contribution in [2.75, 3.05) is 6.54 Å². The number of hydrogen-bond donors (Lipinski definition) is 0. The average Bonchev–Trinajstić information content (AvgIpc) is 2.35. The standard InChI is InChI=1S/C13H12N2S/c14-7-9-5-11-6-10-3-1-2-4-12(10)16-13(11)15-8-9/h1-5,10-12H,6,8H2. The average molecular weight is 228 g/mol. The van der Waals surface area contributed by atoms with Crippen molar-refractivity contribution in [1.82, 2.24) is 0 Å². The Morgan fingerprint density at radius 2 is 2.25 bits per heavy atom. The van der Waals surface area contributed by atoms with Crippen molar-refractivity contribution in [1.29, 1.82) is 5.26 Å². The molecule has 3 unspecified atom stereocenters. The third-order valence-electron chi connectivity index (χ3n) is 3.24. The van der Waals surface area contributed by atoms with Gasteiger partial charge in [-0.2, -0.15) is 5.26 Å². The van der Waals surface area contributed by atoms with Crippen molar-refractivity contribution in [2.24, 2.45) is 16.8 Å². The Labute approximate surface area is 99.4 Å². The molecule has 2 nitrogen and oxygen atoms in total. The smallest absolute Gasteiger partial charge is 0.0963 e. The molecule has 0 saturated carbocycles. The Kier molecular flexibility index (Phi) is 2.45. The van der Waals surface area contributed by atoms with Gasteiger partial charge in [-0.05, 0) is 12.3 Å². The predicted molar refractivity (Wildman–Crippen MR) is 67.3 cm³/mol. The number of nitriles is 1. The van der Waals surface area contributed by atoms with Crippen LogP contribution in [0.3, 0.4) is 0 Å². The van der Waals surface area contributed by atoms with E-state index in [0.29, 0.717) is 23.6 Å². The first-order chi connectivity index (χ1) is 7.86. The summed E-state index contributed by atoms with van der Waals surface area (Å²) in [5, 5.41) is 10.7. The van der Waals surface area contributed by atoms with Crippen LogP contribution in [0.15, 0.2) is 40.9 Å². The molecule has 0 aromatic rings. The van der Waals surface area contributed by atoms with Crippen LogP contribution in [0, 0.1) is 23.2 Å². The van der Waals surface area contributed by atoms with E-state index in [1.807, 2.05) is 11.8 Å². The summed E-state index contributed by atoms with van der Waals surface area (Å²) in [5.74, 6) is 0.985. The summed E-state index contributed by atoms with van der Waals surface area (Å²) in [7, 11) is 0. The van der Waals surface area contributed by atoms with Gasteiger partial charge in [-0.15, -0.1) is 11.8 Å². The van der Waals surface area contributed by atoms with Gasteiger partial charge in [0, 0.05) is 16.7 Å². The molecule has 0 radical (unpaired) electrons. The molecule has 2 aliphatic heterocycles. The summed E-state index contributed by atoms with van der Waals surface area (Å²) in [6.07, 6.45) is 12.0. The molecular formula is C13H12N2S. The van der Waals surface area contributed by atoms with Gasteiger partial charge in [0.25, 0.3) is 0 Å². The SMILES string of the molecule is N#CC1=CC2CC3C=CC=CC3SC2=NC1. The highest BCUT2D eigenvalue weighted by molar-refractivity contribution is 8.14. The van der Waals surface area contributed by atoms with Gasteiger partial charge < -0.3 is 0 Å². The second-order valence-corrected chi connectivity index (χ2v) is 5.51. The molecule has 2 heterocycles. The quantitative estimate of drug-likeness (QED) is 0.639. The molecule has 16 heavy (non-hydrogen) atoms. The second kappa shape index (κ2) is 3.95. The normalized spacial score (nSPS) is 35.6. The fraction of sp³-hybridized carbons (Fsp3) is 0.385. The Hall–Kier alpha value is -1.27. The van der Waals surface area contributed by atoms with E-state index in [1.54, 1.807) is 0 Å². The molecule has 0 aromatic heterocycles. The number of hydrogen-bond acceptors (Lipinski definition) is 3. The molecule has 1 saturated heterocycles. The highest BCUT2D eigenvalue weighted by Crippen LogP contribution is 2.41. The zero-order valence-electron chi connectivity index (χ0n) is 8.84. The number of rotatable bonds is 0. The maximum Gasteiger partial charge on any atom is 0.0963 e. The van der Waals surface area contributed by atoms with Gasteiger partial charge in [-0.3, -0.25) is 4.99 Å². The van der Waals surface area contributed by atoms with Gasteiger partial charge in [0.1, 0.15) is 0 Å². The van der Waals surface area contributed by atoms with Crippen molar-refractivity contribution in [3.63, 3.8) is 0 Å². The molecule has 0 bridgehead atoms. The lowest BCUT2D eigenvalue weighted by molar-refractivity contribution is 0.555. The first-order valence-corrected chi connectivity index (χ1v) is 6.41. The van der Waals surface area contributed by atoms with Gasteiger partial charge in [-0.1, -0.05) is 30.4 Å². The van der Waals surface area contributed by atoms with E-state index in [4.69, 9.17) is 5.26 Å². The molecule has 1 fully saturated rings. The monoisotopic (exact) mass is 228 g/mol. The van der Waals surface area contributed by atoms with E-state index in [1.165, 1.54) is 5.04 Å². The molecule has 3 heteroatoms. The molecule has 1 aliphatic carbocycles. The Morgan fingerprint density at radius 1 is 1.38 bits per heavy atom. The lowest BCUT2D eigenvalue weighted by Gasteiger charge is -2.35. The molecule has 3 atom stereocenters. The minimum absolute atomic E-state index is 0.380. The molecule has 0 aromatic carbocycles. The summed E-state index contributed by atoms with van der Waals surface area (Å²) >= 11 is 1.87. The zero-order valence-corrected chi connectivity index (χ0v) is 9.65. The lowest BCUT2D eigenvalue weighted by atomic mass is 9.87. The number of nitrogens with zero attached hydrogens (tertiary/aromatic N) is 2. The first-order valence-electron chi connectivity index (χ1n) is 5.53. The number of allylic oxidation sites excluding steroid dienone is 4. The predicted octanol–water partition coefficient (Wildman–Crippen LogP) is 2.71. The van der Waals surface area contributed by atoms with Gasteiger partial charge in [0.15, 0.2) is 0 Å². The van der Waals surface area contributed by atoms with Gasteiger partial charge in [0.2, 0.25) is 0 Å². The minimum Gasteiger partial charge on any atom is -0.277 e. The minimum atomic E-state index is 0.380. The van der Waals surface area contributed by atoms with E-state index < -0.39 is 0 Å². The van der Waals surface area contributed by atoms with Crippen LogP contribution >= 0.6 is 11.8 Å². The number of thioether (sulfide) groups is 1. The van der Waals surface area contributed by atoms with Crippen LogP contribution in [0.25, 0.3) is 0 Å². The Morgan fingerprint density at radius 3 is 3.12 bits per heavy atom. The van der Waals surface area contributed by atoms with Crippen molar-refractivity contribution < 1.29 is 0 Å². The van der Waals surface area contributed by atoms with Crippen LogP contribution in [-0.2, 0) is 0 Å². The zero-order chi connectivity index (χ0) is 11.0. The van der Waals surface area contributed by atoms with E-state index in [9.17, 15) is 0 Å². The summed E-state index contributed by atoms with van der Waals surface area (Å²) in [5.41, 5.74) is 0.822. The highest BCUT2D eigenvalue weighted by Gasteiger charge is 2.33. The molecular weight excluding hydrogens is 216 g/mol. The fourth-order valence-electron chi connectivity index (χ4n) is 2.42. The largest absolute Gasteiger partial charge is 0.277 e. The molecule has 3 rings (SSSR count). The van der Waals surface area contributed by atoms with Crippen molar-refractivity contribution in [3.05, 3.63) is 36.0 Å². The highest BCUT2D eigenvalue weighted by atomic mass is 32.2. The van der Waals surface area contributed by atoms with Crippen molar-refractivity contribution in [2.45, 2.75) is 11.7 Å². The van der Waals surface area contributed by atoms with E-state index in [0.717, 1.165) is 12.0 Å². The van der Waals surface area contributed by atoms with Crippen LogP contribution in [-0.4, -0.2) is 16.8 Å². The van der Waals surface area contributed by atoms with E-state index >= 15 is 0 Å². The van der Waals surface area contributed by atoms with Crippen LogP contribution in [0.5, 0.6) is 0 Å². The van der Waals surface area contributed by atoms with E-state index in [2.05, 4.69) is 41.4 Å². The lowest BCUT2D eigenvalue weighted by Crippen LogP contribution is -2.31. The molecule has 3 aliphatic rings. The summed E-state index contributed by atoms with van der Waals surface area (Å²) in [6.45, 7) is 0.576. The third kappa shape index (κ3) is 1.64. The number of aliphatic imine (C=N–C) groups is 1. The van der Waals surface area contributed by atoms with Crippen LogP contribution in [0.4, 0.5) is 0 Å². The summed E-state index contributed by atoms with van der Waals surface area (Å²) in [6, 6.07) is 2.22. The van der Waals surface area contributed by atoms with Crippen LogP contribution < -0.4 is 0 Å². The molecule has 0 N–H and O–H groups in total. The van der Waals surface area contributed by atoms with Crippen LogP contribution in [0.1, 0.15) is 6.42 Å². The number of dihydropyridines is 1. The second-order valence-electron chi connectivity index (χ2n) is 4.32.